The quantitative estimate of drug-likeness (QED) is 0.717. The molecule has 0 radical (unpaired) electrons. The van der Waals surface area contributed by atoms with Gasteiger partial charge in [0.25, 0.3) is 0 Å². The molecule has 0 saturated heterocycles. The lowest BCUT2D eigenvalue weighted by Crippen LogP contribution is -2.39. The highest BCUT2D eigenvalue weighted by Gasteiger charge is 2.14. The van der Waals surface area contributed by atoms with Gasteiger partial charge in [-0.2, -0.15) is 0 Å². The predicted octanol–water partition coefficient (Wildman–Crippen LogP) is 0.632. The molecule has 1 aromatic carbocycles. The molecular weight excluding hydrogens is 258 g/mol. The van der Waals surface area contributed by atoms with Crippen LogP contribution in [0, 0.1) is 0 Å². The summed E-state index contributed by atoms with van der Waals surface area (Å²) in [5.41, 5.74) is 6.23. The molecule has 110 valence electrons. The minimum Gasteiger partial charge on any atom is -0.493 e. The average molecular weight is 279 g/mol. The Kier molecular flexibility index (Phi) is 6.36. The molecule has 0 spiro atoms. The van der Waals surface area contributed by atoms with Gasteiger partial charge in [-0.05, 0) is 31.2 Å². The maximum atomic E-state index is 11.9. The highest BCUT2D eigenvalue weighted by molar-refractivity contribution is 5.84. The Balaban J connectivity index is 2.37. The SMILES string of the molecule is CCN(CC(=O)NC)C(=O)CCOc1ccc(N)cc1. The van der Waals surface area contributed by atoms with Gasteiger partial charge in [0.1, 0.15) is 5.75 Å². The summed E-state index contributed by atoms with van der Waals surface area (Å²) in [6, 6.07) is 6.98. The van der Waals surface area contributed by atoms with Crippen molar-refractivity contribution in [3.05, 3.63) is 24.3 Å². The Morgan fingerprint density at radius 3 is 2.50 bits per heavy atom. The summed E-state index contributed by atoms with van der Waals surface area (Å²) in [6.07, 6.45) is 0.231. The molecule has 0 aromatic heterocycles. The van der Waals surface area contributed by atoms with Crippen molar-refractivity contribution in [3.8, 4) is 5.75 Å². The summed E-state index contributed by atoms with van der Waals surface area (Å²) in [5.74, 6) is 0.382. The second kappa shape index (κ2) is 8.04. The van der Waals surface area contributed by atoms with Gasteiger partial charge in [0.15, 0.2) is 0 Å². The van der Waals surface area contributed by atoms with E-state index < -0.39 is 0 Å². The third kappa shape index (κ3) is 5.17. The van der Waals surface area contributed by atoms with Crippen molar-refractivity contribution in [2.45, 2.75) is 13.3 Å². The number of nitrogens with zero attached hydrogens (tertiary/aromatic N) is 1. The summed E-state index contributed by atoms with van der Waals surface area (Å²) < 4.78 is 5.45. The lowest BCUT2D eigenvalue weighted by molar-refractivity contribution is -0.136. The van der Waals surface area contributed by atoms with Crippen LogP contribution in [0.15, 0.2) is 24.3 Å². The molecule has 3 N–H and O–H groups in total. The molecule has 0 aliphatic rings. The number of benzene rings is 1. The third-order valence-corrected chi connectivity index (χ3v) is 2.81. The molecule has 0 aliphatic heterocycles. The summed E-state index contributed by atoms with van der Waals surface area (Å²) in [5, 5.41) is 2.50. The number of ether oxygens (including phenoxy) is 1. The number of hydrogen-bond donors (Lipinski definition) is 2. The van der Waals surface area contributed by atoms with Crippen molar-refractivity contribution < 1.29 is 14.3 Å². The van der Waals surface area contributed by atoms with Crippen molar-refractivity contribution in [1.29, 1.82) is 0 Å². The molecule has 6 heteroatoms. The topological polar surface area (TPSA) is 84.7 Å². The van der Waals surface area contributed by atoms with Crippen LogP contribution in [-0.2, 0) is 9.59 Å². The molecule has 0 unspecified atom stereocenters. The summed E-state index contributed by atoms with van der Waals surface area (Å²) in [6.45, 7) is 2.68. The predicted molar refractivity (Wildman–Crippen MR) is 77.3 cm³/mol. The van der Waals surface area contributed by atoms with Gasteiger partial charge in [0, 0.05) is 19.3 Å². The first-order valence-corrected chi connectivity index (χ1v) is 6.53. The highest BCUT2D eigenvalue weighted by atomic mass is 16.5. The molecule has 0 atom stereocenters. The summed E-state index contributed by atoms with van der Waals surface area (Å²) in [4.78, 5) is 24.7. The monoisotopic (exact) mass is 279 g/mol. The molecule has 1 rings (SSSR count). The van der Waals surface area contributed by atoms with Gasteiger partial charge in [-0.1, -0.05) is 0 Å². The van der Waals surface area contributed by atoms with E-state index in [4.69, 9.17) is 10.5 Å². The van der Waals surface area contributed by atoms with E-state index in [1.165, 1.54) is 4.90 Å². The van der Waals surface area contributed by atoms with Gasteiger partial charge in [0.2, 0.25) is 11.8 Å². The molecular formula is C14H21N3O3. The number of carbonyl (C=O) groups excluding carboxylic acids is 2. The first-order chi connectivity index (χ1) is 9.56. The van der Waals surface area contributed by atoms with Crippen LogP contribution in [0.2, 0.25) is 0 Å². The maximum absolute atomic E-state index is 11.9. The number of nitrogens with one attached hydrogen (secondary N) is 1. The standard InChI is InChI=1S/C14H21N3O3/c1-3-17(10-13(18)16-2)14(19)8-9-20-12-6-4-11(15)5-7-12/h4-7H,3,8-10,15H2,1-2H3,(H,16,18). The minimum absolute atomic E-state index is 0.0771. The first kappa shape index (κ1) is 15.8. The molecule has 0 fully saturated rings. The Hall–Kier alpha value is -2.24. The van der Waals surface area contributed by atoms with E-state index in [1.54, 1.807) is 31.3 Å². The Morgan fingerprint density at radius 2 is 1.95 bits per heavy atom. The number of anilines is 1. The minimum atomic E-state index is -0.181. The van der Waals surface area contributed by atoms with Gasteiger partial charge in [0.05, 0.1) is 19.6 Å². The van der Waals surface area contributed by atoms with E-state index in [9.17, 15) is 9.59 Å². The van der Waals surface area contributed by atoms with Crippen LogP contribution in [0.4, 0.5) is 5.69 Å². The third-order valence-electron chi connectivity index (χ3n) is 2.81. The highest BCUT2D eigenvalue weighted by Crippen LogP contribution is 2.13. The van der Waals surface area contributed by atoms with Gasteiger partial charge in [-0.25, -0.2) is 0 Å². The number of nitrogens with two attached hydrogens (primary N) is 1. The van der Waals surface area contributed by atoms with Gasteiger partial charge >= 0.3 is 0 Å². The van der Waals surface area contributed by atoms with E-state index in [2.05, 4.69) is 5.32 Å². The van der Waals surface area contributed by atoms with Crippen molar-refractivity contribution >= 4 is 17.5 Å². The van der Waals surface area contributed by atoms with E-state index in [0.29, 0.717) is 18.0 Å². The number of carbonyl (C=O) groups is 2. The fourth-order valence-corrected chi connectivity index (χ4v) is 1.61. The Labute approximate surface area is 118 Å². The normalized spacial score (nSPS) is 9.90. The van der Waals surface area contributed by atoms with Gasteiger partial charge in [-0.15, -0.1) is 0 Å². The summed E-state index contributed by atoms with van der Waals surface area (Å²) >= 11 is 0. The van der Waals surface area contributed by atoms with Crippen LogP contribution in [0.25, 0.3) is 0 Å². The van der Waals surface area contributed by atoms with Crippen LogP contribution in [-0.4, -0.2) is 43.5 Å². The van der Waals surface area contributed by atoms with E-state index in [0.717, 1.165) is 0 Å². The van der Waals surface area contributed by atoms with Gasteiger partial charge in [-0.3, -0.25) is 9.59 Å². The first-order valence-electron chi connectivity index (χ1n) is 6.53. The van der Waals surface area contributed by atoms with Crippen LogP contribution in [0.1, 0.15) is 13.3 Å². The maximum Gasteiger partial charge on any atom is 0.239 e. The second-order valence-corrected chi connectivity index (χ2v) is 4.25. The zero-order valence-electron chi connectivity index (χ0n) is 11.9. The zero-order chi connectivity index (χ0) is 15.0. The number of amides is 2. The molecule has 0 bridgehead atoms. The Bertz CT molecular complexity index is 445. The largest absolute Gasteiger partial charge is 0.493 e. The average Bonchev–Trinajstić information content (AvgIpc) is 2.46. The fourth-order valence-electron chi connectivity index (χ4n) is 1.61. The zero-order valence-corrected chi connectivity index (χ0v) is 11.9. The van der Waals surface area contributed by atoms with Crippen molar-refractivity contribution in [2.24, 2.45) is 0 Å². The van der Waals surface area contributed by atoms with Crippen molar-refractivity contribution in [1.82, 2.24) is 10.2 Å². The number of rotatable bonds is 7. The van der Waals surface area contributed by atoms with E-state index in [1.807, 2.05) is 6.92 Å². The molecule has 0 aliphatic carbocycles. The fraction of sp³-hybridized carbons (Fsp3) is 0.429. The number of hydrogen-bond acceptors (Lipinski definition) is 4. The van der Waals surface area contributed by atoms with E-state index in [-0.39, 0.29) is 31.4 Å². The van der Waals surface area contributed by atoms with Crippen LogP contribution >= 0.6 is 0 Å². The van der Waals surface area contributed by atoms with E-state index >= 15 is 0 Å². The number of likely N-dealkylation sites (N-methyl/N-ethyl adjacent to an activating group) is 2. The van der Waals surface area contributed by atoms with Crippen molar-refractivity contribution in [3.63, 3.8) is 0 Å². The lowest BCUT2D eigenvalue weighted by Gasteiger charge is -2.19. The molecule has 2 amide bonds. The Morgan fingerprint density at radius 1 is 1.30 bits per heavy atom. The van der Waals surface area contributed by atoms with Crippen molar-refractivity contribution in [2.75, 3.05) is 32.5 Å². The molecule has 0 heterocycles. The smallest absolute Gasteiger partial charge is 0.239 e. The molecule has 20 heavy (non-hydrogen) atoms. The number of nitrogen functional groups attached to an aromatic ring is 1. The van der Waals surface area contributed by atoms with Crippen LogP contribution in [0.3, 0.4) is 0 Å². The molecule has 1 aromatic rings. The van der Waals surface area contributed by atoms with Crippen LogP contribution < -0.4 is 15.8 Å². The molecule has 6 nitrogen and oxygen atoms in total. The second-order valence-electron chi connectivity index (χ2n) is 4.25. The lowest BCUT2D eigenvalue weighted by atomic mass is 10.3. The molecule has 0 saturated carbocycles. The van der Waals surface area contributed by atoms with Crippen LogP contribution in [0.5, 0.6) is 5.75 Å². The summed E-state index contributed by atoms with van der Waals surface area (Å²) in [7, 11) is 1.55. The van der Waals surface area contributed by atoms with Gasteiger partial charge < -0.3 is 20.7 Å².